The van der Waals surface area contributed by atoms with Gasteiger partial charge >= 0.3 is 0 Å². The molecule has 0 fully saturated rings. The van der Waals surface area contributed by atoms with Gasteiger partial charge in [-0.3, -0.25) is 0 Å². The van der Waals surface area contributed by atoms with Crippen molar-refractivity contribution in [1.29, 1.82) is 5.26 Å². The summed E-state index contributed by atoms with van der Waals surface area (Å²) in [6, 6.07) is 27.8. The van der Waals surface area contributed by atoms with Crippen LogP contribution in [0.1, 0.15) is 11.1 Å². The molecule has 0 unspecified atom stereocenters. The van der Waals surface area contributed by atoms with Crippen LogP contribution >= 0.6 is 0 Å². The minimum absolute atomic E-state index is 0.704. The van der Waals surface area contributed by atoms with Crippen LogP contribution in [0.15, 0.2) is 72.8 Å². The Morgan fingerprint density at radius 3 is 2.30 bits per heavy atom. The summed E-state index contributed by atoms with van der Waals surface area (Å²) in [5.74, 6) is 1.91. The molecule has 0 saturated carbocycles. The summed E-state index contributed by atoms with van der Waals surface area (Å²) in [5, 5.41) is 11.6. The van der Waals surface area contributed by atoms with Gasteiger partial charge in [-0.1, -0.05) is 53.7 Å². The van der Waals surface area contributed by atoms with Gasteiger partial charge in [0.2, 0.25) is 0 Å². The molecule has 4 rings (SSSR count). The lowest BCUT2D eigenvalue weighted by molar-refractivity contribution is 0.484. The highest BCUT2D eigenvalue weighted by molar-refractivity contribution is 6.85. The minimum Gasteiger partial charge on any atom is -0.457 e. The second kappa shape index (κ2) is 5.75. The van der Waals surface area contributed by atoms with Crippen molar-refractivity contribution < 1.29 is 4.74 Å². The Bertz CT molecular complexity index is 896. The van der Waals surface area contributed by atoms with Crippen molar-refractivity contribution in [3.05, 3.63) is 83.9 Å². The molecule has 1 radical (unpaired) electrons. The number of hydrogen-bond acceptors (Lipinski definition) is 2. The van der Waals surface area contributed by atoms with Crippen molar-refractivity contribution in [2.45, 2.75) is 6.04 Å². The van der Waals surface area contributed by atoms with E-state index >= 15 is 0 Å². The van der Waals surface area contributed by atoms with Crippen molar-refractivity contribution in [3.63, 3.8) is 0 Å². The van der Waals surface area contributed by atoms with E-state index in [0.717, 1.165) is 17.5 Å². The highest BCUT2D eigenvalue weighted by Crippen LogP contribution is 2.28. The molecule has 3 heteroatoms. The van der Waals surface area contributed by atoms with E-state index < -0.39 is 8.80 Å². The van der Waals surface area contributed by atoms with Gasteiger partial charge in [0.05, 0.1) is 11.6 Å². The molecular formula is C20H14NOSi. The fourth-order valence-corrected chi connectivity index (χ4v) is 5.64. The lowest BCUT2D eigenvalue weighted by atomic mass is 10.2. The smallest absolute Gasteiger partial charge is 0.130 e. The van der Waals surface area contributed by atoms with Crippen LogP contribution in [0.3, 0.4) is 0 Å². The average molecular weight is 312 g/mol. The van der Waals surface area contributed by atoms with Crippen molar-refractivity contribution in [2.75, 3.05) is 0 Å². The fourth-order valence-electron chi connectivity index (χ4n) is 2.96. The van der Waals surface area contributed by atoms with Gasteiger partial charge in [0.25, 0.3) is 0 Å². The SMILES string of the molecule is N#Cc1ccc([Si]2Cc3ccccc3Oc3ccccc32)cc1. The number of nitrogens with zero attached hydrogens (tertiary/aromatic N) is 1. The Labute approximate surface area is 137 Å². The van der Waals surface area contributed by atoms with Crippen LogP contribution < -0.4 is 15.1 Å². The van der Waals surface area contributed by atoms with Gasteiger partial charge in [-0.2, -0.15) is 5.26 Å². The maximum atomic E-state index is 9.01. The summed E-state index contributed by atoms with van der Waals surface area (Å²) in [4.78, 5) is 0. The fraction of sp³-hybridized carbons (Fsp3) is 0.0500. The molecule has 0 amide bonds. The molecule has 3 aromatic rings. The van der Waals surface area contributed by atoms with Crippen LogP contribution in [0, 0.1) is 11.3 Å². The molecule has 1 heterocycles. The second-order valence-electron chi connectivity index (χ2n) is 5.55. The van der Waals surface area contributed by atoms with Gasteiger partial charge in [-0.05, 0) is 41.1 Å². The van der Waals surface area contributed by atoms with E-state index in [1.807, 2.05) is 36.4 Å². The molecule has 109 valence electrons. The maximum absolute atomic E-state index is 9.01. The maximum Gasteiger partial charge on any atom is 0.130 e. The van der Waals surface area contributed by atoms with Crippen molar-refractivity contribution >= 4 is 19.2 Å². The zero-order chi connectivity index (χ0) is 15.6. The molecule has 1 aliphatic heterocycles. The number of rotatable bonds is 1. The second-order valence-corrected chi connectivity index (χ2v) is 7.98. The molecule has 2 nitrogen and oxygen atoms in total. The van der Waals surface area contributed by atoms with Crippen LogP contribution in [0.4, 0.5) is 0 Å². The number of nitriles is 1. The van der Waals surface area contributed by atoms with Crippen LogP contribution in [0.2, 0.25) is 0 Å². The topological polar surface area (TPSA) is 33.0 Å². The Morgan fingerprint density at radius 2 is 1.52 bits per heavy atom. The highest BCUT2D eigenvalue weighted by Gasteiger charge is 2.26. The van der Waals surface area contributed by atoms with E-state index in [1.165, 1.54) is 15.9 Å². The molecule has 0 aromatic heterocycles. The molecule has 1 aliphatic rings. The first-order valence-electron chi connectivity index (χ1n) is 7.57. The number of benzene rings is 3. The standard InChI is InChI=1S/C20H14NOSi/c21-13-15-9-11-17(12-10-15)23-14-16-5-1-2-6-18(16)22-19-7-3-4-8-20(19)23/h1-12H,14H2. The molecular weight excluding hydrogens is 298 g/mol. The Kier molecular flexibility index (Phi) is 3.45. The van der Waals surface area contributed by atoms with Gasteiger partial charge < -0.3 is 4.74 Å². The lowest BCUT2D eigenvalue weighted by Gasteiger charge is -2.15. The molecule has 0 aliphatic carbocycles. The zero-order valence-electron chi connectivity index (χ0n) is 12.5. The normalized spacial score (nSPS) is 13.2. The molecule has 0 bridgehead atoms. The van der Waals surface area contributed by atoms with Gasteiger partial charge in [-0.25, -0.2) is 0 Å². The van der Waals surface area contributed by atoms with Gasteiger partial charge in [0.1, 0.15) is 20.3 Å². The molecule has 23 heavy (non-hydrogen) atoms. The predicted molar refractivity (Wildman–Crippen MR) is 92.8 cm³/mol. The van der Waals surface area contributed by atoms with Crippen molar-refractivity contribution in [2.24, 2.45) is 0 Å². The summed E-state index contributed by atoms with van der Waals surface area (Å²) in [6.45, 7) is 0. The first kappa shape index (κ1) is 13.8. The summed E-state index contributed by atoms with van der Waals surface area (Å²) in [5.41, 5.74) is 1.96. The minimum atomic E-state index is -0.989. The first-order chi connectivity index (χ1) is 11.3. The summed E-state index contributed by atoms with van der Waals surface area (Å²) >= 11 is 0. The number of para-hydroxylation sites is 2. The van der Waals surface area contributed by atoms with Crippen LogP contribution in [-0.2, 0) is 6.04 Å². The predicted octanol–water partition coefficient (Wildman–Crippen LogP) is 3.05. The lowest BCUT2D eigenvalue weighted by Crippen LogP contribution is -2.44. The molecule has 0 atom stereocenters. The summed E-state index contributed by atoms with van der Waals surface area (Å²) < 4.78 is 6.17. The van der Waals surface area contributed by atoms with E-state index in [4.69, 9.17) is 10.00 Å². The van der Waals surface area contributed by atoms with Crippen molar-refractivity contribution in [1.82, 2.24) is 0 Å². The van der Waals surface area contributed by atoms with Crippen LogP contribution in [0.25, 0.3) is 0 Å². The zero-order valence-corrected chi connectivity index (χ0v) is 13.5. The number of ether oxygens (including phenoxy) is 1. The Balaban J connectivity index is 1.86. The largest absolute Gasteiger partial charge is 0.457 e. The molecule has 0 saturated heterocycles. The van der Waals surface area contributed by atoms with Gasteiger partial charge in [0, 0.05) is 0 Å². The third kappa shape index (κ3) is 2.54. The van der Waals surface area contributed by atoms with E-state index in [2.05, 4.69) is 42.5 Å². The first-order valence-corrected chi connectivity index (χ1v) is 9.27. The van der Waals surface area contributed by atoms with Crippen LogP contribution in [0.5, 0.6) is 11.5 Å². The van der Waals surface area contributed by atoms with E-state index in [9.17, 15) is 0 Å². The van der Waals surface area contributed by atoms with Gasteiger partial charge in [0.15, 0.2) is 0 Å². The van der Waals surface area contributed by atoms with Gasteiger partial charge in [-0.15, -0.1) is 0 Å². The van der Waals surface area contributed by atoms with Crippen LogP contribution in [-0.4, -0.2) is 8.80 Å². The van der Waals surface area contributed by atoms with Crippen molar-refractivity contribution in [3.8, 4) is 17.6 Å². The monoisotopic (exact) mass is 312 g/mol. The highest BCUT2D eigenvalue weighted by atomic mass is 28.3. The molecule has 3 aromatic carbocycles. The van der Waals surface area contributed by atoms with E-state index in [-0.39, 0.29) is 0 Å². The summed E-state index contributed by atoms with van der Waals surface area (Å²) in [6.07, 6.45) is 0. The van der Waals surface area contributed by atoms with E-state index in [0.29, 0.717) is 5.56 Å². The quantitative estimate of drug-likeness (QED) is 0.647. The number of hydrogen-bond donors (Lipinski definition) is 0. The number of fused-ring (bicyclic) bond motifs is 2. The molecule has 0 spiro atoms. The third-order valence-corrected chi connectivity index (χ3v) is 6.96. The van der Waals surface area contributed by atoms with E-state index in [1.54, 1.807) is 0 Å². The summed E-state index contributed by atoms with van der Waals surface area (Å²) in [7, 11) is -0.989. The third-order valence-electron chi connectivity index (χ3n) is 4.13. The Morgan fingerprint density at radius 1 is 0.826 bits per heavy atom. The Hall–Kier alpha value is -2.83. The molecule has 0 N–H and O–H groups in total. The average Bonchev–Trinajstić information content (AvgIpc) is 2.78.